The third-order valence-corrected chi connectivity index (χ3v) is 4.21. The van der Waals surface area contributed by atoms with Gasteiger partial charge in [0, 0.05) is 12.6 Å². The summed E-state index contributed by atoms with van der Waals surface area (Å²) in [5.74, 6) is 0. The van der Waals surface area contributed by atoms with E-state index in [1.165, 1.54) is 25.0 Å². The molecule has 0 spiro atoms. The van der Waals surface area contributed by atoms with Gasteiger partial charge in [0.1, 0.15) is 0 Å². The number of aromatic nitrogens is 2. The molecule has 1 aromatic carbocycles. The lowest BCUT2D eigenvalue weighted by atomic mass is 9.80. The fourth-order valence-electron chi connectivity index (χ4n) is 3.12. The Labute approximate surface area is 114 Å². The fourth-order valence-corrected chi connectivity index (χ4v) is 3.12. The van der Waals surface area contributed by atoms with Gasteiger partial charge in [-0.1, -0.05) is 49.6 Å². The summed E-state index contributed by atoms with van der Waals surface area (Å²) < 4.78 is 1.97. The molecule has 1 heterocycles. The maximum Gasteiger partial charge on any atom is 0.0926 e. The molecule has 2 aromatic rings. The Hall–Kier alpha value is -1.61. The van der Waals surface area contributed by atoms with E-state index < -0.39 is 0 Å². The molecule has 2 N–H and O–H groups in total. The van der Waals surface area contributed by atoms with E-state index in [0.29, 0.717) is 0 Å². The van der Waals surface area contributed by atoms with Gasteiger partial charge in [-0.3, -0.25) is 4.68 Å². The molecule has 0 atom stereocenters. The summed E-state index contributed by atoms with van der Waals surface area (Å²) in [6, 6.07) is 12.5. The molecule has 1 fully saturated rings. The number of rotatable bonds is 2. The molecular formula is C16H21N3. The Morgan fingerprint density at radius 1 is 1.11 bits per heavy atom. The van der Waals surface area contributed by atoms with Gasteiger partial charge in [-0.25, -0.2) is 0 Å². The van der Waals surface area contributed by atoms with Crippen molar-refractivity contribution in [2.45, 2.75) is 37.6 Å². The van der Waals surface area contributed by atoms with Crippen LogP contribution in [-0.4, -0.2) is 9.78 Å². The van der Waals surface area contributed by atoms with Gasteiger partial charge in [0.2, 0.25) is 0 Å². The first-order valence-corrected chi connectivity index (χ1v) is 7.08. The van der Waals surface area contributed by atoms with Crippen LogP contribution in [0.15, 0.2) is 36.4 Å². The van der Waals surface area contributed by atoms with Gasteiger partial charge in [-0.05, 0) is 18.9 Å². The average Bonchev–Trinajstić information content (AvgIpc) is 2.84. The van der Waals surface area contributed by atoms with Crippen LogP contribution in [0.25, 0.3) is 11.3 Å². The van der Waals surface area contributed by atoms with E-state index >= 15 is 0 Å². The van der Waals surface area contributed by atoms with E-state index in [9.17, 15) is 0 Å². The highest BCUT2D eigenvalue weighted by Crippen LogP contribution is 2.35. The first-order chi connectivity index (χ1) is 9.19. The van der Waals surface area contributed by atoms with Crippen LogP contribution in [0.1, 0.15) is 37.8 Å². The quantitative estimate of drug-likeness (QED) is 0.895. The molecule has 19 heavy (non-hydrogen) atoms. The third-order valence-electron chi connectivity index (χ3n) is 4.21. The molecule has 1 aliphatic rings. The van der Waals surface area contributed by atoms with Gasteiger partial charge in [0.25, 0.3) is 0 Å². The average molecular weight is 255 g/mol. The molecule has 1 aliphatic carbocycles. The van der Waals surface area contributed by atoms with E-state index in [1.54, 1.807) is 0 Å². The summed E-state index contributed by atoms with van der Waals surface area (Å²) in [6.45, 7) is 0. The van der Waals surface area contributed by atoms with E-state index in [-0.39, 0.29) is 5.54 Å². The normalized spacial score (nSPS) is 18.4. The van der Waals surface area contributed by atoms with Crippen LogP contribution >= 0.6 is 0 Å². The van der Waals surface area contributed by atoms with Crippen LogP contribution in [0.4, 0.5) is 0 Å². The summed E-state index contributed by atoms with van der Waals surface area (Å²) in [6.07, 6.45) is 5.90. The van der Waals surface area contributed by atoms with Crippen molar-refractivity contribution in [2.24, 2.45) is 12.8 Å². The van der Waals surface area contributed by atoms with Crippen LogP contribution < -0.4 is 5.73 Å². The summed E-state index contributed by atoms with van der Waals surface area (Å²) in [7, 11) is 2.00. The molecular weight excluding hydrogens is 234 g/mol. The standard InChI is InChI=1S/C16H21N3/c1-19-15(16(17)10-6-3-7-11-16)12-14(18-19)13-8-4-2-5-9-13/h2,4-5,8-9,12H,3,6-7,10-11,17H2,1H3. The third kappa shape index (κ3) is 2.30. The van der Waals surface area contributed by atoms with Gasteiger partial charge in [0.05, 0.1) is 16.9 Å². The molecule has 3 nitrogen and oxygen atoms in total. The smallest absolute Gasteiger partial charge is 0.0926 e. The van der Waals surface area contributed by atoms with E-state index in [2.05, 4.69) is 23.3 Å². The number of hydrogen-bond acceptors (Lipinski definition) is 2. The molecule has 1 aromatic heterocycles. The number of aryl methyl sites for hydroxylation is 1. The molecule has 0 aliphatic heterocycles. The number of nitrogens with two attached hydrogens (primary N) is 1. The second-order valence-electron chi connectivity index (χ2n) is 5.62. The second kappa shape index (κ2) is 4.82. The summed E-state index contributed by atoms with van der Waals surface area (Å²) in [5, 5.41) is 4.64. The molecule has 3 rings (SSSR count). The van der Waals surface area contributed by atoms with E-state index in [4.69, 9.17) is 5.73 Å². The summed E-state index contributed by atoms with van der Waals surface area (Å²) in [4.78, 5) is 0. The largest absolute Gasteiger partial charge is 0.320 e. The van der Waals surface area contributed by atoms with Crippen LogP contribution in [0.3, 0.4) is 0 Å². The van der Waals surface area contributed by atoms with Crippen molar-refractivity contribution in [1.29, 1.82) is 0 Å². The Bertz CT molecular complexity index is 551. The first kappa shape index (κ1) is 12.4. The predicted molar refractivity (Wildman–Crippen MR) is 77.6 cm³/mol. The number of benzene rings is 1. The van der Waals surface area contributed by atoms with Crippen molar-refractivity contribution in [1.82, 2.24) is 9.78 Å². The van der Waals surface area contributed by atoms with Gasteiger partial charge in [0.15, 0.2) is 0 Å². The minimum atomic E-state index is -0.187. The van der Waals surface area contributed by atoms with Gasteiger partial charge >= 0.3 is 0 Å². The number of hydrogen-bond donors (Lipinski definition) is 1. The molecule has 0 bridgehead atoms. The SMILES string of the molecule is Cn1nc(-c2ccccc2)cc1C1(N)CCCCC1. The molecule has 0 saturated heterocycles. The lowest BCUT2D eigenvalue weighted by Gasteiger charge is -2.33. The lowest BCUT2D eigenvalue weighted by Crippen LogP contribution is -2.40. The maximum absolute atomic E-state index is 6.61. The fraction of sp³-hybridized carbons (Fsp3) is 0.438. The van der Waals surface area contributed by atoms with Crippen LogP contribution in [-0.2, 0) is 12.6 Å². The molecule has 100 valence electrons. The molecule has 0 unspecified atom stereocenters. The summed E-state index contributed by atoms with van der Waals surface area (Å²) in [5.41, 5.74) is 9.77. The Morgan fingerprint density at radius 3 is 2.47 bits per heavy atom. The minimum Gasteiger partial charge on any atom is -0.320 e. The zero-order valence-electron chi connectivity index (χ0n) is 11.5. The van der Waals surface area contributed by atoms with Crippen molar-refractivity contribution in [3.05, 3.63) is 42.1 Å². The molecule has 0 amide bonds. The van der Waals surface area contributed by atoms with Crippen molar-refractivity contribution in [2.75, 3.05) is 0 Å². The van der Waals surface area contributed by atoms with E-state index in [0.717, 1.165) is 24.1 Å². The van der Waals surface area contributed by atoms with Gasteiger partial charge < -0.3 is 5.73 Å². The highest BCUT2D eigenvalue weighted by Gasteiger charge is 2.32. The Morgan fingerprint density at radius 2 is 1.79 bits per heavy atom. The van der Waals surface area contributed by atoms with Crippen molar-refractivity contribution < 1.29 is 0 Å². The van der Waals surface area contributed by atoms with E-state index in [1.807, 2.05) is 29.9 Å². The highest BCUT2D eigenvalue weighted by atomic mass is 15.3. The molecule has 1 saturated carbocycles. The summed E-state index contributed by atoms with van der Waals surface area (Å²) >= 11 is 0. The second-order valence-corrected chi connectivity index (χ2v) is 5.62. The number of nitrogens with zero attached hydrogens (tertiary/aromatic N) is 2. The monoisotopic (exact) mass is 255 g/mol. The Kier molecular flexibility index (Phi) is 3.15. The maximum atomic E-state index is 6.61. The topological polar surface area (TPSA) is 43.8 Å². The highest BCUT2D eigenvalue weighted by molar-refractivity contribution is 5.59. The van der Waals surface area contributed by atoms with Crippen LogP contribution in [0, 0.1) is 0 Å². The first-order valence-electron chi connectivity index (χ1n) is 7.08. The van der Waals surface area contributed by atoms with Gasteiger partial charge in [-0.2, -0.15) is 5.10 Å². The Balaban J connectivity index is 1.98. The van der Waals surface area contributed by atoms with Crippen LogP contribution in [0.5, 0.6) is 0 Å². The molecule has 3 heteroatoms. The van der Waals surface area contributed by atoms with Crippen molar-refractivity contribution in [3.8, 4) is 11.3 Å². The zero-order chi connectivity index (χ0) is 13.3. The minimum absolute atomic E-state index is 0.187. The zero-order valence-corrected chi connectivity index (χ0v) is 11.5. The van der Waals surface area contributed by atoms with Crippen molar-refractivity contribution >= 4 is 0 Å². The molecule has 0 radical (unpaired) electrons. The van der Waals surface area contributed by atoms with Crippen molar-refractivity contribution in [3.63, 3.8) is 0 Å². The van der Waals surface area contributed by atoms with Gasteiger partial charge in [-0.15, -0.1) is 0 Å². The lowest BCUT2D eigenvalue weighted by molar-refractivity contribution is 0.285. The predicted octanol–water partition coefficient (Wildman–Crippen LogP) is 3.21. The van der Waals surface area contributed by atoms with Crippen LogP contribution in [0.2, 0.25) is 0 Å².